The molecular weight excluding hydrogens is 240 g/mol. The molecule has 1 aromatic heterocycles. The molecule has 0 aliphatic carbocycles. The Morgan fingerprint density at radius 3 is 3.50 bits per heavy atom. The van der Waals surface area contributed by atoms with Crippen LogP contribution in [0.3, 0.4) is 0 Å². The summed E-state index contributed by atoms with van der Waals surface area (Å²) in [6.07, 6.45) is -8.45. The van der Waals surface area contributed by atoms with Crippen molar-refractivity contribution in [2.45, 2.75) is 32.0 Å². The molecule has 2 nitrogen and oxygen atoms in total. The van der Waals surface area contributed by atoms with Crippen LogP contribution in [0.5, 0.6) is 0 Å². The maximum atomic E-state index is 8.45. The number of hydrogen-bond donors (Lipinski definition) is 0. The molecule has 1 unspecified atom stereocenters. The third-order valence-corrected chi connectivity index (χ3v) is 2.24. The van der Waals surface area contributed by atoms with Crippen LogP contribution in [0.25, 0.3) is 0 Å². The largest absolute Gasteiger partial charge is 0.368 e. The number of nitrogens with zero attached hydrogens (tertiary/aromatic N) is 2. The molecule has 0 bridgehead atoms. The van der Waals surface area contributed by atoms with Crippen LogP contribution in [0.4, 0.5) is 5.69 Å². The predicted molar refractivity (Wildman–Crippen MR) is 62.6 cm³/mol. The first kappa shape index (κ1) is 2.97. The summed E-state index contributed by atoms with van der Waals surface area (Å²) < 4.78 is 95.7. The van der Waals surface area contributed by atoms with Crippen LogP contribution in [-0.2, 0) is 0 Å². The van der Waals surface area contributed by atoms with E-state index in [2.05, 4.69) is 20.9 Å². The zero-order chi connectivity index (χ0) is 20.6. The predicted octanol–water partition coefficient (Wildman–Crippen LogP) is 3.22. The molecule has 0 amide bonds. The van der Waals surface area contributed by atoms with Crippen LogP contribution in [0.2, 0.25) is 0 Å². The van der Waals surface area contributed by atoms with Gasteiger partial charge in [0, 0.05) is 40.0 Å². The fraction of sp³-hybridized carbons (Fsp3) is 0.545. The van der Waals surface area contributed by atoms with Gasteiger partial charge in [0.2, 0.25) is 0 Å². The highest BCUT2D eigenvalue weighted by Gasteiger charge is 2.19. The molecule has 1 aliphatic rings. The molecule has 2 heterocycles. The Labute approximate surface area is 110 Å². The van der Waals surface area contributed by atoms with E-state index in [1.165, 1.54) is 0 Å². The molecule has 0 spiro atoms. The molecule has 1 saturated heterocycles. The zero-order valence-corrected chi connectivity index (χ0v) is 8.59. The molecule has 14 heavy (non-hydrogen) atoms. The van der Waals surface area contributed by atoms with E-state index in [4.69, 9.17) is 16.4 Å². The van der Waals surface area contributed by atoms with Gasteiger partial charge in [-0.25, -0.2) is 0 Å². The summed E-state index contributed by atoms with van der Waals surface area (Å²) in [6.45, 7) is -6.92. The Bertz CT molecular complexity index is 717. The number of anilines is 1. The standard InChI is InChI=1S/C11H15BrN2/c1-9-4-2-3-7-14(9)11-5-6-13-8-10(11)12/h5-6,8-9H,2-4,7H2,1H3/i1D3,2D2,3D2,4D2,7D2,9D. The summed E-state index contributed by atoms with van der Waals surface area (Å²) in [7, 11) is 0. The molecule has 2 rings (SSSR count). The first-order valence-electron chi connectivity index (χ1n) is 9.79. The van der Waals surface area contributed by atoms with Crippen molar-refractivity contribution in [3.05, 3.63) is 22.9 Å². The summed E-state index contributed by atoms with van der Waals surface area (Å²) >= 11 is 3.03. The van der Waals surface area contributed by atoms with E-state index in [9.17, 15) is 0 Å². The minimum absolute atomic E-state index is 0.00110. The van der Waals surface area contributed by atoms with Crippen molar-refractivity contribution >= 4 is 21.6 Å². The lowest BCUT2D eigenvalue weighted by atomic mass is 10.0. The van der Waals surface area contributed by atoms with Gasteiger partial charge in [0.25, 0.3) is 0 Å². The number of piperidine rings is 1. The average molecular weight is 267 g/mol. The smallest absolute Gasteiger partial charge is 0.0592 e. The van der Waals surface area contributed by atoms with E-state index in [0.717, 1.165) is 18.5 Å². The molecule has 0 saturated carbocycles. The number of pyridine rings is 1. The summed E-state index contributed by atoms with van der Waals surface area (Å²) in [6, 6.07) is -2.38. The van der Waals surface area contributed by atoms with Crippen molar-refractivity contribution in [3.8, 4) is 0 Å². The van der Waals surface area contributed by atoms with Crippen molar-refractivity contribution in [2.75, 3.05) is 11.4 Å². The van der Waals surface area contributed by atoms with Crippen LogP contribution < -0.4 is 4.90 Å². The molecule has 0 N–H and O–H groups in total. The van der Waals surface area contributed by atoms with Gasteiger partial charge < -0.3 is 4.90 Å². The van der Waals surface area contributed by atoms with Gasteiger partial charge in [-0.1, -0.05) is 0 Å². The SMILES string of the molecule is [2H]C([2H])([2H])C1([2H])N(c2ccncc2Br)C([2H])([2H])C([2H])([2H])C([2H])([2H])C1([2H])[2H]. The number of aromatic nitrogens is 1. The number of halogens is 1. The van der Waals surface area contributed by atoms with Gasteiger partial charge in [-0.2, -0.15) is 0 Å². The topological polar surface area (TPSA) is 16.1 Å². The molecule has 1 atom stereocenters. The van der Waals surface area contributed by atoms with Crippen molar-refractivity contribution in [3.63, 3.8) is 0 Å². The lowest BCUT2D eigenvalue weighted by Crippen LogP contribution is -2.37. The highest BCUT2D eigenvalue weighted by molar-refractivity contribution is 9.10. The molecule has 0 radical (unpaired) electrons. The summed E-state index contributed by atoms with van der Waals surface area (Å²) in [5.74, 6) is 0. The van der Waals surface area contributed by atoms with Gasteiger partial charge in [-0.3, -0.25) is 4.98 Å². The van der Waals surface area contributed by atoms with Crippen LogP contribution in [0.15, 0.2) is 22.9 Å². The molecular formula is C11H15BrN2. The first-order valence-corrected chi connectivity index (χ1v) is 4.58. The van der Waals surface area contributed by atoms with Gasteiger partial charge in [0.15, 0.2) is 0 Å². The van der Waals surface area contributed by atoms with Crippen molar-refractivity contribution in [1.29, 1.82) is 0 Å². The quantitative estimate of drug-likeness (QED) is 0.776. The van der Waals surface area contributed by atoms with E-state index < -0.39 is 38.5 Å². The fourth-order valence-electron chi connectivity index (χ4n) is 1.02. The first-order chi connectivity index (χ1) is 11.4. The van der Waals surface area contributed by atoms with Crippen LogP contribution >= 0.6 is 15.9 Å². The monoisotopic (exact) mass is 266 g/mol. The minimum atomic E-state index is -3.63. The van der Waals surface area contributed by atoms with E-state index >= 15 is 0 Å². The maximum Gasteiger partial charge on any atom is 0.0592 e. The second-order valence-corrected chi connectivity index (χ2v) is 3.35. The Hall–Kier alpha value is -0.570. The number of hydrogen-bond acceptors (Lipinski definition) is 2. The molecule has 1 aliphatic heterocycles. The molecule has 3 heteroatoms. The van der Waals surface area contributed by atoms with E-state index in [1.54, 1.807) is 0 Å². The van der Waals surface area contributed by atoms with Crippen molar-refractivity contribution < 1.29 is 16.4 Å². The normalized spacial score (nSPS) is 55.6. The van der Waals surface area contributed by atoms with E-state index in [1.807, 2.05) is 0 Å². The van der Waals surface area contributed by atoms with Gasteiger partial charge in [-0.15, -0.1) is 0 Å². The van der Waals surface area contributed by atoms with E-state index in [0.29, 0.717) is 0 Å². The highest BCUT2D eigenvalue weighted by atomic mass is 79.9. The third kappa shape index (κ3) is 1.92. The average Bonchev–Trinajstić information content (AvgIpc) is 2.46. The Morgan fingerprint density at radius 1 is 1.79 bits per heavy atom. The second-order valence-electron chi connectivity index (χ2n) is 2.50. The Kier molecular flexibility index (Phi) is 0.913. The lowest BCUT2D eigenvalue weighted by Gasteiger charge is -2.35. The van der Waals surface area contributed by atoms with Gasteiger partial charge in [0.1, 0.15) is 0 Å². The van der Waals surface area contributed by atoms with Gasteiger partial charge >= 0.3 is 0 Å². The van der Waals surface area contributed by atoms with Crippen molar-refractivity contribution in [1.82, 2.24) is 4.98 Å². The lowest BCUT2D eigenvalue weighted by molar-refractivity contribution is 0.484. The minimum Gasteiger partial charge on any atom is -0.368 e. The zero-order valence-electron chi connectivity index (χ0n) is 19.0. The molecule has 0 aromatic carbocycles. The van der Waals surface area contributed by atoms with E-state index in [-0.39, 0.29) is 15.1 Å². The molecule has 76 valence electrons. The molecule has 1 fully saturated rings. The van der Waals surface area contributed by atoms with Gasteiger partial charge in [-0.05, 0) is 48.0 Å². The Balaban J connectivity index is 3.00. The third-order valence-electron chi connectivity index (χ3n) is 1.63. The summed E-state index contributed by atoms with van der Waals surface area (Å²) in [4.78, 5) is 3.89. The number of rotatable bonds is 1. The fourth-order valence-corrected chi connectivity index (χ4v) is 1.44. The maximum absolute atomic E-state index is 8.45. The van der Waals surface area contributed by atoms with Crippen molar-refractivity contribution in [2.24, 2.45) is 0 Å². The summed E-state index contributed by atoms with van der Waals surface area (Å²) in [5, 5.41) is 0. The summed E-state index contributed by atoms with van der Waals surface area (Å²) in [5.41, 5.74) is -0.334. The van der Waals surface area contributed by atoms with Crippen LogP contribution in [0, 0.1) is 0 Å². The highest BCUT2D eigenvalue weighted by Crippen LogP contribution is 2.30. The van der Waals surface area contributed by atoms with Crippen LogP contribution in [0.1, 0.15) is 42.4 Å². The Morgan fingerprint density at radius 2 is 2.71 bits per heavy atom. The van der Waals surface area contributed by atoms with Gasteiger partial charge in [0.05, 0.1) is 11.5 Å². The van der Waals surface area contributed by atoms with Crippen LogP contribution in [-0.4, -0.2) is 17.5 Å². The molecule has 1 aromatic rings. The second kappa shape index (κ2) is 4.30.